The van der Waals surface area contributed by atoms with E-state index in [0.717, 1.165) is 0 Å². The van der Waals surface area contributed by atoms with Gasteiger partial charge < -0.3 is 5.73 Å². The fourth-order valence-electron chi connectivity index (χ4n) is 0.505. The Morgan fingerprint density at radius 2 is 1.62 bits per heavy atom. The Morgan fingerprint density at radius 1 is 1.15 bits per heavy atom. The van der Waals surface area contributed by atoms with E-state index in [0.29, 0.717) is 0 Å². The topological polar surface area (TPSA) is 148 Å². The highest BCUT2D eigenvalue weighted by Gasteiger charge is 2.23. The van der Waals surface area contributed by atoms with Crippen LogP contribution in [0.4, 0.5) is 0 Å². The van der Waals surface area contributed by atoms with Crippen LogP contribution in [0.5, 0.6) is 0 Å². The standard InChI is InChI=1S/C4H9N3O6/c5-2(4(9)7(12)13)1-3(8)6(10)11/h2,10-13H,1,5H2. The normalized spacial score (nSPS) is 12.1. The van der Waals surface area contributed by atoms with Gasteiger partial charge in [0.2, 0.25) is 0 Å². The quantitative estimate of drug-likeness (QED) is 0.256. The summed E-state index contributed by atoms with van der Waals surface area (Å²) in [5.41, 5.74) is 4.98. The van der Waals surface area contributed by atoms with Crippen LogP contribution in [-0.4, -0.2) is 49.1 Å². The summed E-state index contributed by atoms with van der Waals surface area (Å²) in [6, 6.07) is -1.55. The highest BCUT2D eigenvalue weighted by atomic mass is 16.8. The van der Waals surface area contributed by atoms with Gasteiger partial charge in [-0.15, -0.1) is 0 Å². The highest BCUT2D eigenvalue weighted by molar-refractivity contribution is 5.86. The van der Waals surface area contributed by atoms with Crippen molar-refractivity contribution in [1.29, 1.82) is 0 Å². The Morgan fingerprint density at radius 3 is 1.92 bits per heavy atom. The molecule has 9 heteroatoms. The fourth-order valence-corrected chi connectivity index (χ4v) is 0.505. The van der Waals surface area contributed by atoms with Crippen molar-refractivity contribution in [2.75, 3.05) is 0 Å². The third-order valence-electron chi connectivity index (χ3n) is 1.13. The van der Waals surface area contributed by atoms with Crippen molar-refractivity contribution >= 4 is 11.8 Å². The Balaban J connectivity index is 4.08. The molecular weight excluding hydrogens is 186 g/mol. The first-order valence-corrected chi connectivity index (χ1v) is 3.04. The van der Waals surface area contributed by atoms with Gasteiger partial charge in [0.15, 0.2) is 0 Å². The monoisotopic (exact) mass is 195 g/mol. The maximum Gasteiger partial charge on any atom is 0.290 e. The molecule has 0 aromatic heterocycles. The molecule has 0 rings (SSSR count). The first-order valence-electron chi connectivity index (χ1n) is 3.04. The predicted octanol–water partition coefficient (Wildman–Crippen LogP) is -2.08. The summed E-state index contributed by atoms with van der Waals surface area (Å²) >= 11 is 0. The second-order valence-corrected chi connectivity index (χ2v) is 2.12. The number of nitrogens with two attached hydrogens (primary N) is 1. The predicted molar refractivity (Wildman–Crippen MR) is 33.4 cm³/mol. The van der Waals surface area contributed by atoms with Gasteiger partial charge in [0.25, 0.3) is 11.8 Å². The highest BCUT2D eigenvalue weighted by Crippen LogP contribution is 1.95. The molecule has 6 N–H and O–H groups in total. The van der Waals surface area contributed by atoms with E-state index in [-0.39, 0.29) is 0 Å². The second-order valence-electron chi connectivity index (χ2n) is 2.12. The average Bonchev–Trinajstić information content (AvgIpc) is 2.02. The Bertz CT molecular complexity index is 204. The van der Waals surface area contributed by atoms with Gasteiger partial charge in [-0.25, -0.2) is 0 Å². The van der Waals surface area contributed by atoms with Crippen LogP contribution >= 0.6 is 0 Å². The van der Waals surface area contributed by atoms with E-state index in [1.54, 1.807) is 0 Å². The van der Waals surface area contributed by atoms with Gasteiger partial charge >= 0.3 is 0 Å². The summed E-state index contributed by atoms with van der Waals surface area (Å²) in [4.78, 5) is 21.1. The Labute approximate surface area is 72.0 Å². The number of carbonyl (C=O) groups is 2. The molecule has 13 heavy (non-hydrogen) atoms. The van der Waals surface area contributed by atoms with Gasteiger partial charge in [-0.1, -0.05) is 10.5 Å². The van der Waals surface area contributed by atoms with Crippen molar-refractivity contribution in [2.24, 2.45) is 5.73 Å². The van der Waals surface area contributed by atoms with Crippen molar-refractivity contribution in [3.8, 4) is 0 Å². The second kappa shape index (κ2) is 4.69. The first-order chi connectivity index (χ1) is 5.86. The first kappa shape index (κ1) is 11.7. The molecule has 0 aliphatic heterocycles. The summed E-state index contributed by atoms with van der Waals surface area (Å²) in [5.74, 6) is -2.59. The van der Waals surface area contributed by atoms with E-state index in [2.05, 4.69) is 0 Å². The molecular formula is C4H9N3O6. The zero-order valence-corrected chi connectivity index (χ0v) is 6.36. The molecule has 0 spiro atoms. The molecule has 0 saturated heterocycles. The van der Waals surface area contributed by atoms with E-state index in [1.165, 1.54) is 0 Å². The number of hydroxylamine groups is 4. The lowest BCUT2D eigenvalue weighted by Gasteiger charge is -2.13. The van der Waals surface area contributed by atoms with Gasteiger partial charge in [-0.3, -0.25) is 30.4 Å². The molecule has 0 fully saturated rings. The van der Waals surface area contributed by atoms with Crippen LogP contribution in [0.3, 0.4) is 0 Å². The van der Waals surface area contributed by atoms with Crippen LogP contribution in [0.2, 0.25) is 0 Å². The number of nitrogens with zero attached hydrogens (tertiary/aromatic N) is 2. The van der Waals surface area contributed by atoms with E-state index in [9.17, 15) is 9.59 Å². The van der Waals surface area contributed by atoms with Crippen LogP contribution in [0.25, 0.3) is 0 Å². The van der Waals surface area contributed by atoms with E-state index < -0.39 is 34.7 Å². The molecule has 0 aromatic carbocycles. The van der Waals surface area contributed by atoms with Crippen molar-refractivity contribution in [3.63, 3.8) is 0 Å². The van der Waals surface area contributed by atoms with Crippen molar-refractivity contribution in [1.82, 2.24) is 10.5 Å². The summed E-state index contributed by atoms with van der Waals surface area (Å²) < 4.78 is 0. The molecule has 2 amide bonds. The minimum atomic E-state index is -1.55. The molecule has 0 aliphatic rings. The number of amides is 2. The molecule has 0 aromatic rings. The number of hydrogen-bond acceptors (Lipinski definition) is 7. The number of rotatable bonds is 3. The molecule has 0 bridgehead atoms. The third-order valence-corrected chi connectivity index (χ3v) is 1.13. The van der Waals surface area contributed by atoms with Gasteiger partial charge in [0, 0.05) is 0 Å². The minimum Gasteiger partial charge on any atom is -0.319 e. The van der Waals surface area contributed by atoms with Gasteiger partial charge in [0.05, 0.1) is 12.5 Å². The number of hydrogen-bond donors (Lipinski definition) is 5. The van der Waals surface area contributed by atoms with Gasteiger partial charge in [-0.05, 0) is 0 Å². The zero-order chi connectivity index (χ0) is 10.6. The van der Waals surface area contributed by atoms with Crippen molar-refractivity contribution in [2.45, 2.75) is 12.5 Å². The molecule has 9 nitrogen and oxygen atoms in total. The summed E-state index contributed by atoms with van der Waals surface area (Å²) in [5, 5.41) is 31.0. The lowest BCUT2D eigenvalue weighted by atomic mass is 10.2. The Hall–Kier alpha value is -1.26. The Kier molecular flexibility index (Phi) is 4.23. The lowest BCUT2D eigenvalue weighted by molar-refractivity contribution is -0.290. The fraction of sp³-hybridized carbons (Fsp3) is 0.500. The lowest BCUT2D eigenvalue weighted by Crippen LogP contribution is -2.43. The van der Waals surface area contributed by atoms with Gasteiger partial charge in [-0.2, -0.15) is 0 Å². The van der Waals surface area contributed by atoms with Crippen LogP contribution < -0.4 is 5.73 Å². The zero-order valence-electron chi connectivity index (χ0n) is 6.36. The van der Waals surface area contributed by atoms with Crippen LogP contribution in [-0.2, 0) is 9.59 Å². The van der Waals surface area contributed by atoms with Crippen molar-refractivity contribution in [3.05, 3.63) is 0 Å². The molecule has 1 atom stereocenters. The summed E-state index contributed by atoms with van der Waals surface area (Å²) in [6.07, 6.45) is -0.760. The van der Waals surface area contributed by atoms with E-state index >= 15 is 0 Å². The molecule has 76 valence electrons. The SMILES string of the molecule is NC(CC(=O)N(O)O)C(=O)N(O)O. The summed E-state index contributed by atoms with van der Waals surface area (Å²) in [7, 11) is 0. The molecule has 0 saturated carbocycles. The number of carbonyl (C=O) groups excluding carboxylic acids is 2. The van der Waals surface area contributed by atoms with E-state index in [1.807, 2.05) is 0 Å². The van der Waals surface area contributed by atoms with Crippen LogP contribution in [0.1, 0.15) is 6.42 Å². The largest absolute Gasteiger partial charge is 0.319 e. The van der Waals surface area contributed by atoms with Crippen LogP contribution in [0.15, 0.2) is 0 Å². The van der Waals surface area contributed by atoms with E-state index in [4.69, 9.17) is 26.6 Å². The molecule has 0 aliphatic carbocycles. The molecule has 0 heterocycles. The van der Waals surface area contributed by atoms with Crippen LogP contribution in [0, 0.1) is 0 Å². The average molecular weight is 195 g/mol. The van der Waals surface area contributed by atoms with Crippen molar-refractivity contribution < 1.29 is 30.4 Å². The smallest absolute Gasteiger partial charge is 0.290 e. The molecule has 1 unspecified atom stereocenters. The maximum absolute atomic E-state index is 10.6. The third kappa shape index (κ3) is 3.78. The minimum absolute atomic E-state index is 0.744. The summed E-state index contributed by atoms with van der Waals surface area (Å²) in [6.45, 7) is 0. The van der Waals surface area contributed by atoms with Gasteiger partial charge in [0.1, 0.15) is 0 Å². The maximum atomic E-state index is 10.6. The molecule has 0 radical (unpaired) electrons.